The summed E-state index contributed by atoms with van der Waals surface area (Å²) in [6.07, 6.45) is 1.08. The number of Topliss-reactive ketones (excluding diaryl/α,β-unsaturated/α-hetero) is 1. The van der Waals surface area contributed by atoms with Gasteiger partial charge in [0.15, 0.2) is 10.2 Å². The molecular weight excluding hydrogens is 340 g/mol. The molecule has 2 rings (SSSR count). The van der Waals surface area contributed by atoms with Gasteiger partial charge in [-0.2, -0.15) is 5.10 Å². The van der Waals surface area contributed by atoms with Crippen molar-refractivity contribution in [3.05, 3.63) is 35.9 Å². The second-order valence-electron chi connectivity index (χ2n) is 4.55. The summed E-state index contributed by atoms with van der Waals surface area (Å²) in [6, 6.07) is 9.34. The van der Waals surface area contributed by atoms with Crippen LogP contribution in [-0.2, 0) is 0 Å². The predicted molar refractivity (Wildman–Crippen MR) is 103 cm³/mol. The standard InChI is InChI=1S/C14H18N2OS4/c1-3-11(2)20-21(18)10-15-16-14(21)19-9-13(17)12-7-5-4-6-8-12/h4-8,10-11,18H,3,9H2,1-2H3. The van der Waals surface area contributed by atoms with Crippen LogP contribution in [0.4, 0.5) is 0 Å². The predicted octanol–water partition coefficient (Wildman–Crippen LogP) is 5.01. The number of thioether (sulfide) groups is 1. The Balaban J connectivity index is 1.95. The molecule has 114 valence electrons. The number of carbonyl (C=O) groups excluding carboxylic acids is 1. The van der Waals surface area contributed by atoms with Crippen LogP contribution in [-0.4, -0.2) is 26.7 Å². The van der Waals surface area contributed by atoms with E-state index in [4.69, 9.17) is 11.7 Å². The molecule has 0 bridgehead atoms. The molecule has 1 aromatic rings. The number of hydrogen-bond donors (Lipinski definition) is 1. The maximum Gasteiger partial charge on any atom is 0.173 e. The van der Waals surface area contributed by atoms with Gasteiger partial charge in [-0.1, -0.05) is 74.8 Å². The minimum Gasteiger partial charge on any atom is -0.293 e. The Labute approximate surface area is 140 Å². The average molecular weight is 359 g/mol. The SMILES string of the molecule is CCC(C)SS1(S)C=NN=C1SCC(=O)c1ccccc1. The lowest BCUT2D eigenvalue weighted by Gasteiger charge is -2.28. The number of nitrogens with zero attached hydrogens (tertiary/aromatic N) is 2. The minimum absolute atomic E-state index is 0.110. The highest BCUT2D eigenvalue weighted by atomic mass is 33.5. The van der Waals surface area contributed by atoms with Gasteiger partial charge in [0.05, 0.1) is 11.3 Å². The molecule has 0 spiro atoms. The zero-order valence-electron chi connectivity index (χ0n) is 11.9. The maximum absolute atomic E-state index is 12.2. The van der Waals surface area contributed by atoms with E-state index in [1.807, 2.05) is 35.9 Å². The highest BCUT2D eigenvalue weighted by Crippen LogP contribution is 2.68. The molecule has 1 aliphatic heterocycles. The summed E-state index contributed by atoms with van der Waals surface area (Å²) in [4.78, 5) is 12.2. The van der Waals surface area contributed by atoms with Gasteiger partial charge >= 0.3 is 0 Å². The highest BCUT2D eigenvalue weighted by molar-refractivity contribution is 9.32. The Hall–Kier alpha value is -0.370. The first-order valence-corrected chi connectivity index (χ1v) is 11.7. The Kier molecular flexibility index (Phi) is 6.28. The van der Waals surface area contributed by atoms with Crippen molar-refractivity contribution >= 4 is 58.0 Å². The minimum atomic E-state index is -1.45. The fourth-order valence-corrected chi connectivity index (χ4v) is 9.62. The van der Waals surface area contributed by atoms with Crippen molar-refractivity contribution < 1.29 is 4.79 Å². The van der Waals surface area contributed by atoms with Crippen LogP contribution >= 0.6 is 42.3 Å². The van der Waals surface area contributed by atoms with E-state index in [9.17, 15) is 4.79 Å². The molecule has 1 aliphatic rings. The number of rotatable bonds is 6. The lowest BCUT2D eigenvalue weighted by Crippen LogP contribution is -2.08. The van der Waals surface area contributed by atoms with Crippen LogP contribution in [0.15, 0.2) is 40.5 Å². The summed E-state index contributed by atoms with van der Waals surface area (Å²) in [5, 5.41) is 8.70. The normalized spacial score (nSPS) is 25.2. The zero-order chi connectivity index (χ0) is 15.3. The molecule has 0 aliphatic carbocycles. The van der Waals surface area contributed by atoms with E-state index < -0.39 is 8.09 Å². The van der Waals surface area contributed by atoms with Crippen LogP contribution in [0.5, 0.6) is 0 Å². The first kappa shape index (κ1) is 17.0. The summed E-state index contributed by atoms with van der Waals surface area (Å²) in [5.74, 6) is 0.488. The summed E-state index contributed by atoms with van der Waals surface area (Å²) in [7, 11) is 0.347. The van der Waals surface area contributed by atoms with Gasteiger partial charge in [-0.15, -0.1) is 16.8 Å². The molecule has 0 fully saturated rings. The van der Waals surface area contributed by atoms with Crippen LogP contribution in [0.3, 0.4) is 0 Å². The van der Waals surface area contributed by atoms with E-state index in [-0.39, 0.29) is 5.78 Å². The van der Waals surface area contributed by atoms with Gasteiger partial charge in [0.2, 0.25) is 0 Å². The fraction of sp³-hybridized carbons (Fsp3) is 0.357. The number of carbonyl (C=O) groups is 1. The van der Waals surface area contributed by atoms with Gasteiger partial charge < -0.3 is 0 Å². The molecule has 2 unspecified atom stereocenters. The number of ketones is 1. The third-order valence-corrected chi connectivity index (χ3v) is 11.5. The Bertz CT molecular complexity index is 561. The molecule has 0 N–H and O–H groups in total. The molecule has 0 aromatic heterocycles. The van der Waals surface area contributed by atoms with Crippen LogP contribution in [0.25, 0.3) is 0 Å². The fourth-order valence-electron chi connectivity index (χ4n) is 1.57. The van der Waals surface area contributed by atoms with Gasteiger partial charge in [-0.25, -0.2) is 0 Å². The van der Waals surface area contributed by atoms with Crippen molar-refractivity contribution in [1.82, 2.24) is 0 Å². The summed E-state index contributed by atoms with van der Waals surface area (Å²) < 4.78 is 0.875. The molecule has 0 amide bonds. The molecule has 2 atom stereocenters. The molecule has 0 saturated carbocycles. The van der Waals surface area contributed by atoms with Gasteiger partial charge in [-0.05, 0) is 6.42 Å². The second kappa shape index (κ2) is 7.76. The first-order chi connectivity index (χ1) is 10.0. The third-order valence-electron chi connectivity index (χ3n) is 2.89. The average Bonchev–Trinajstić information content (AvgIpc) is 2.86. The molecule has 1 heterocycles. The molecular formula is C14H18N2OS4. The van der Waals surface area contributed by atoms with E-state index in [2.05, 4.69) is 24.1 Å². The molecule has 1 aromatic carbocycles. The number of benzene rings is 1. The largest absolute Gasteiger partial charge is 0.293 e. The second-order valence-corrected chi connectivity index (χ2v) is 13.1. The summed E-state index contributed by atoms with van der Waals surface area (Å²) >= 11 is 6.25. The quantitative estimate of drug-likeness (QED) is 0.441. The van der Waals surface area contributed by atoms with Crippen molar-refractivity contribution in [3.8, 4) is 0 Å². The monoisotopic (exact) mass is 358 g/mol. The lowest BCUT2D eigenvalue weighted by molar-refractivity contribution is 0.102. The third kappa shape index (κ3) is 4.55. The smallest absolute Gasteiger partial charge is 0.173 e. The summed E-state index contributed by atoms with van der Waals surface area (Å²) in [5.41, 5.74) is 2.57. The Morgan fingerprint density at radius 2 is 2.10 bits per heavy atom. The van der Waals surface area contributed by atoms with Gasteiger partial charge in [0.25, 0.3) is 0 Å². The van der Waals surface area contributed by atoms with Crippen molar-refractivity contribution in [2.24, 2.45) is 10.2 Å². The topological polar surface area (TPSA) is 41.8 Å². The highest BCUT2D eigenvalue weighted by Gasteiger charge is 2.32. The summed E-state index contributed by atoms with van der Waals surface area (Å²) in [6.45, 7) is 4.34. The van der Waals surface area contributed by atoms with E-state index in [0.29, 0.717) is 11.0 Å². The van der Waals surface area contributed by atoms with E-state index >= 15 is 0 Å². The van der Waals surface area contributed by atoms with Crippen LogP contribution in [0.2, 0.25) is 0 Å². The maximum atomic E-state index is 12.2. The van der Waals surface area contributed by atoms with Crippen molar-refractivity contribution in [1.29, 1.82) is 0 Å². The van der Waals surface area contributed by atoms with Crippen LogP contribution in [0.1, 0.15) is 30.6 Å². The molecule has 0 saturated heterocycles. The lowest BCUT2D eigenvalue weighted by atomic mass is 10.2. The van der Waals surface area contributed by atoms with Crippen molar-refractivity contribution in [2.45, 2.75) is 25.5 Å². The molecule has 21 heavy (non-hydrogen) atoms. The van der Waals surface area contributed by atoms with E-state index in [1.54, 1.807) is 10.8 Å². The van der Waals surface area contributed by atoms with Gasteiger partial charge in [0.1, 0.15) is 0 Å². The number of thiol groups is 1. The zero-order valence-corrected chi connectivity index (χ0v) is 15.3. The number of hydrogen-bond acceptors (Lipinski definition) is 6. The van der Waals surface area contributed by atoms with Gasteiger partial charge in [-0.3, -0.25) is 4.79 Å². The van der Waals surface area contributed by atoms with E-state index in [0.717, 1.165) is 16.4 Å². The van der Waals surface area contributed by atoms with Crippen molar-refractivity contribution in [2.75, 3.05) is 5.75 Å². The Morgan fingerprint density at radius 1 is 1.38 bits per heavy atom. The van der Waals surface area contributed by atoms with Crippen LogP contribution < -0.4 is 0 Å². The first-order valence-electron chi connectivity index (χ1n) is 6.61. The van der Waals surface area contributed by atoms with Gasteiger partial charge in [0, 0.05) is 10.8 Å². The molecule has 7 heteroatoms. The van der Waals surface area contributed by atoms with E-state index in [1.165, 1.54) is 11.8 Å². The Morgan fingerprint density at radius 3 is 2.76 bits per heavy atom. The van der Waals surface area contributed by atoms with Crippen molar-refractivity contribution in [3.63, 3.8) is 0 Å². The van der Waals surface area contributed by atoms with Crippen LogP contribution in [0, 0.1) is 0 Å². The molecule has 3 nitrogen and oxygen atoms in total. The molecule has 0 radical (unpaired) electrons.